The highest BCUT2D eigenvalue weighted by atomic mass is 16.5. The number of benzene rings is 1. The van der Waals surface area contributed by atoms with E-state index in [1.807, 2.05) is 31.2 Å². The SMILES string of the molecule is COc1cccc([C@@H](C)Nc2cc(=O)c2=O)c1. The molecule has 0 fully saturated rings. The van der Waals surface area contributed by atoms with E-state index in [1.165, 1.54) is 6.07 Å². The summed E-state index contributed by atoms with van der Waals surface area (Å²) in [6, 6.07) is 8.84. The number of hydrogen-bond donors (Lipinski definition) is 1. The molecule has 1 atom stereocenters. The van der Waals surface area contributed by atoms with Crippen LogP contribution in [0.3, 0.4) is 0 Å². The van der Waals surface area contributed by atoms with Crippen LogP contribution in [0.15, 0.2) is 39.9 Å². The topological polar surface area (TPSA) is 55.4 Å². The van der Waals surface area contributed by atoms with Gasteiger partial charge in [-0.2, -0.15) is 0 Å². The minimum atomic E-state index is -0.445. The largest absolute Gasteiger partial charge is 0.497 e. The van der Waals surface area contributed by atoms with Crippen molar-refractivity contribution in [2.45, 2.75) is 13.0 Å². The van der Waals surface area contributed by atoms with Crippen LogP contribution in [-0.2, 0) is 0 Å². The maximum atomic E-state index is 11.1. The molecule has 0 aliphatic carbocycles. The van der Waals surface area contributed by atoms with Crippen molar-refractivity contribution < 1.29 is 4.74 Å². The fraction of sp³-hybridized carbons (Fsp3) is 0.231. The third-order valence-electron chi connectivity index (χ3n) is 2.71. The molecule has 2 aromatic rings. The maximum Gasteiger partial charge on any atom is 0.248 e. The van der Waals surface area contributed by atoms with E-state index < -0.39 is 10.9 Å². The van der Waals surface area contributed by atoms with Crippen LogP contribution in [0.2, 0.25) is 0 Å². The summed E-state index contributed by atoms with van der Waals surface area (Å²) in [7, 11) is 1.61. The van der Waals surface area contributed by atoms with Crippen molar-refractivity contribution in [1.82, 2.24) is 0 Å². The van der Waals surface area contributed by atoms with Gasteiger partial charge in [0.15, 0.2) is 0 Å². The molecule has 0 saturated heterocycles. The van der Waals surface area contributed by atoms with Crippen LogP contribution < -0.4 is 20.9 Å². The van der Waals surface area contributed by atoms with Gasteiger partial charge in [0, 0.05) is 12.1 Å². The van der Waals surface area contributed by atoms with Crippen LogP contribution in [-0.4, -0.2) is 7.11 Å². The van der Waals surface area contributed by atoms with E-state index in [2.05, 4.69) is 5.32 Å². The highest BCUT2D eigenvalue weighted by Gasteiger charge is 2.13. The molecule has 2 rings (SSSR count). The lowest BCUT2D eigenvalue weighted by Crippen LogP contribution is -2.33. The Kier molecular flexibility index (Phi) is 2.95. The zero-order valence-electron chi connectivity index (χ0n) is 9.69. The van der Waals surface area contributed by atoms with Crippen LogP contribution in [0, 0.1) is 0 Å². The third kappa shape index (κ3) is 2.20. The Bertz CT molecular complexity index is 596. The molecule has 0 spiro atoms. The Balaban J connectivity index is 2.15. The summed E-state index contributed by atoms with van der Waals surface area (Å²) in [5, 5.41) is 3.00. The highest BCUT2D eigenvalue weighted by molar-refractivity contribution is 5.49. The van der Waals surface area contributed by atoms with Crippen molar-refractivity contribution in [3.63, 3.8) is 0 Å². The van der Waals surface area contributed by atoms with Gasteiger partial charge in [-0.3, -0.25) is 9.59 Å². The first-order chi connectivity index (χ1) is 8.11. The lowest BCUT2D eigenvalue weighted by Gasteiger charge is -2.16. The number of anilines is 1. The van der Waals surface area contributed by atoms with E-state index in [-0.39, 0.29) is 6.04 Å². The predicted molar refractivity (Wildman–Crippen MR) is 66.4 cm³/mol. The lowest BCUT2D eigenvalue weighted by molar-refractivity contribution is 0.414. The summed E-state index contributed by atoms with van der Waals surface area (Å²) in [5.74, 6) is 0.765. The molecule has 0 aliphatic heterocycles. The van der Waals surface area contributed by atoms with Crippen molar-refractivity contribution in [2.75, 3.05) is 12.4 Å². The molecular formula is C13H13NO3. The van der Waals surface area contributed by atoms with Gasteiger partial charge in [-0.1, -0.05) is 12.1 Å². The Morgan fingerprint density at radius 1 is 1.24 bits per heavy atom. The fourth-order valence-electron chi connectivity index (χ4n) is 1.65. The third-order valence-corrected chi connectivity index (χ3v) is 2.71. The first-order valence-electron chi connectivity index (χ1n) is 5.32. The molecule has 0 bridgehead atoms. The molecule has 0 aliphatic rings. The van der Waals surface area contributed by atoms with Crippen LogP contribution >= 0.6 is 0 Å². The summed E-state index contributed by atoms with van der Waals surface area (Å²) in [4.78, 5) is 21.9. The van der Waals surface area contributed by atoms with Crippen LogP contribution in [0.1, 0.15) is 18.5 Å². The number of ether oxygens (including phenoxy) is 1. The quantitative estimate of drug-likeness (QED) is 0.809. The second kappa shape index (κ2) is 4.41. The van der Waals surface area contributed by atoms with Gasteiger partial charge in [0.2, 0.25) is 10.9 Å². The Morgan fingerprint density at radius 3 is 2.59 bits per heavy atom. The van der Waals surface area contributed by atoms with Crippen LogP contribution in [0.5, 0.6) is 5.75 Å². The molecule has 0 unspecified atom stereocenters. The van der Waals surface area contributed by atoms with E-state index in [9.17, 15) is 9.59 Å². The van der Waals surface area contributed by atoms with Gasteiger partial charge in [-0.05, 0) is 24.6 Å². The van der Waals surface area contributed by atoms with Crippen molar-refractivity contribution >= 4 is 5.69 Å². The predicted octanol–water partition coefficient (Wildman–Crippen LogP) is 1.46. The standard InChI is InChI=1S/C13H13NO3/c1-8(14-11-7-12(15)13(11)16)9-4-3-5-10(6-9)17-2/h3-8,14H,1-2H3/t8-/m1/s1. The molecule has 0 heterocycles. The molecule has 2 aromatic carbocycles. The molecule has 0 saturated carbocycles. The normalized spacial score (nSPS) is 12.4. The van der Waals surface area contributed by atoms with Gasteiger partial charge in [0.05, 0.1) is 12.8 Å². The summed E-state index contributed by atoms with van der Waals surface area (Å²) >= 11 is 0. The van der Waals surface area contributed by atoms with E-state index >= 15 is 0 Å². The summed E-state index contributed by atoms with van der Waals surface area (Å²) in [5.41, 5.74) is 0.493. The summed E-state index contributed by atoms with van der Waals surface area (Å²) in [6.45, 7) is 1.92. The second-order valence-electron chi connectivity index (χ2n) is 3.89. The Labute approximate surface area is 98.5 Å². The van der Waals surface area contributed by atoms with Crippen molar-refractivity contribution in [1.29, 1.82) is 0 Å². The average Bonchev–Trinajstić information content (AvgIpc) is 2.37. The molecule has 4 heteroatoms. The van der Waals surface area contributed by atoms with Crippen molar-refractivity contribution in [3.8, 4) is 5.75 Å². The first kappa shape index (κ1) is 11.4. The van der Waals surface area contributed by atoms with E-state index in [0.717, 1.165) is 11.3 Å². The highest BCUT2D eigenvalue weighted by Crippen LogP contribution is 2.21. The lowest BCUT2D eigenvalue weighted by atomic mass is 10.1. The molecule has 88 valence electrons. The van der Waals surface area contributed by atoms with Crippen LogP contribution in [0.4, 0.5) is 5.69 Å². The van der Waals surface area contributed by atoms with E-state index in [4.69, 9.17) is 4.74 Å². The van der Waals surface area contributed by atoms with Crippen molar-refractivity contribution in [2.24, 2.45) is 0 Å². The number of methoxy groups -OCH3 is 1. The monoisotopic (exact) mass is 231 g/mol. The van der Waals surface area contributed by atoms with Gasteiger partial charge >= 0.3 is 0 Å². The summed E-state index contributed by atoms with van der Waals surface area (Å²) < 4.78 is 5.13. The zero-order chi connectivity index (χ0) is 12.4. The average molecular weight is 231 g/mol. The molecule has 0 radical (unpaired) electrons. The number of nitrogens with one attached hydrogen (secondary N) is 1. The molecule has 0 aromatic heterocycles. The zero-order valence-corrected chi connectivity index (χ0v) is 9.69. The minimum absolute atomic E-state index is 0.0478. The van der Waals surface area contributed by atoms with Crippen molar-refractivity contribution in [3.05, 3.63) is 56.3 Å². The van der Waals surface area contributed by atoms with Gasteiger partial charge in [-0.25, -0.2) is 0 Å². The van der Waals surface area contributed by atoms with Gasteiger partial charge in [0.1, 0.15) is 5.75 Å². The molecule has 1 N–H and O–H groups in total. The van der Waals surface area contributed by atoms with Gasteiger partial charge in [0.25, 0.3) is 0 Å². The van der Waals surface area contributed by atoms with Gasteiger partial charge < -0.3 is 10.1 Å². The fourth-order valence-corrected chi connectivity index (χ4v) is 1.65. The Hall–Kier alpha value is -2.10. The molecule has 0 amide bonds. The maximum absolute atomic E-state index is 11.1. The minimum Gasteiger partial charge on any atom is -0.497 e. The van der Waals surface area contributed by atoms with E-state index in [1.54, 1.807) is 7.11 Å². The second-order valence-corrected chi connectivity index (χ2v) is 3.89. The number of rotatable bonds is 4. The number of hydrogen-bond acceptors (Lipinski definition) is 4. The van der Waals surface area contributed by atoms with Gasteiger partial charge in [-0.15, -0.1) is 0 Å². The summed E-state index contributed by atoms with van der Waals surface area (Å²) in [6.07, 6.45) is 0. The first-order valence-corrected chi connectivity index (χ1v) is 5.32. The van der Waals surface area contributed by atoms with Crippen LogP contribution in [0.25, 0.3) is 0 Å². The molecule has 17 heavy (non-hydrogen) atoms. The molecular weight excluding hydrogens is 218 g/mol. The smallest absolute Gasteiger partial charge is 0.248 e. The molecule has 4 nitrogen and oxygen atoms in total. The van der Waals surface area contributed by atoms with E-state index in [0.29, 0.717) is 5.69 Å². The Morgan fingerprint density at radius 2 is 2.00 bits per heavy atom.